The van der Waals surface area contributed by atoms with Crippen LogP contribution < -0.4 is 0 Å². The second-order valence-corrected chi connectivity index (χ2v) is 5.05. The largest absolute Gasteiger partial charge is 0.481 e. The van der Waals surface area contributed by atoms with Gasteiger partial charge in [0, 0.05) is 36.6 Å². The minimum absolute atomic E-state index is 0.114. The number of rotatable bonds is 6. The van der Waals surface area contributed by atoms with Gasteiger partial charge in [0.25, 0.3) is 5.91 Å². The van der Waals surface area contributed by atoms with Crippen molar-refractivity contribution in [2.24, 2.45) is 0 Å². The van der Waals surface area contributed by atoms with Crippen LogP contribution in [-0.4, -0.2) is 44.6 Å². The Kier molecular flexibility index (Phi) is 4.88. The van der Waals surface area contributed by atoms with Crippen LogP contribution in [0.4, 0.5) is 0 Å². The van der Waals surface area contributed by atoms with Gasteiger partial charge in [0.2, 0.25) is 0 Å². The predicted molar refractivity (Wildman–Crippen MR) is 78.2 cm³/mol. The Morgan fingerprint density at radius 2 is 2.18 bits per heavy atom. The fraction of sp³-hybridized carbons (Fsp3) is 0.333. The number of amides is 1. The maximum Gasteiger partial charge on any atom is 0.305 e. The zero-order valence-corrected chi connectivity index (χ0v) is 12.4. The number of carboxylic acid groups (broad SMARTS) is 1. The monoisotopic (exact) mass is 303 g/mol. The minimum atomic E-state index is -0.949. The molecule has 0 radical (unpaired) electrons. The van der Waals surface area contributed by atoms with Crippen LogP contribution in [0.3, 0.4) is 0 Å². The SMILES string of the molecule is CC(C)N(CCC(=O)O)C(=O)c1cc(-c2cccnc2)on1. The first-order chi connectivity index (χ1) is 10.5. The first kappa shape index (κ1) is 15.7. The molecule has 22 heavy (non-hydrogen) atoms. The minimum Gasteiger partial charge on any atom is -0.481 e. The van der Waals surface area contributed by atoms with E-state index in [9.17, 15) is 9.59 Å². The summed E-state index contributed by atoms with van der Waals surface area (Å²) < 4.78 is 5.17. The Balaban J connectivity index is 2.17. The van der Waals surface area contributed by atoms with Gasteiger partial charge in [0.05, 0.1) is 6.42 Å². The summed E-state index contributed by atoms with van der Waals surface area (Å²) in [4.78, 5) is 28.6. The van der Waals surface area contributed by atoms with Crippen molar-refractivity contribution in [2.75, 3.05) is 6.54 Å². The van der Waals surface area contributed by atoms with Gasteiger partial charge in [0.15, 0.2) is 11.5 Å². The molecule has 7 heteroatoms. The molecule has 0 unspecified atom stereocenters. The number of nitrogens with zero attached hydrogens (tertiary/aromatic N) is 3. The van der Waals surface area contributed by atoms with E-state index in [0.717, 1.165) is 5.56 Å². The Hall–Kier alpha value is -2.70. The van der Waals surface area contributed by atoms with Crippen molar-refractivity contribution in [3.05, 3.63) is 36.3 Å². The fourth-order valence-corrected chi connectivity index (χ4v) is 1.98. The van der Waals surface area contributed by atoms with Crippen molar-refractivity contribution in [3.63, 3.8) is 0 Å². The first-order valence-corrected chi connectivity index (χ1v) is 6.89. The lowest BCUT2D eigenvalue weighted by molar-refractivity contribution is -0.137. The lowest BCUT2D eigenvalue weighted by Gasteiger charge is -2.24. The van der Waals surface area contributed by atoms with Gasteiger partial charge in [-0.1, -0.05) is 5.16 Å². The third-order valence-electron chi connectivity index (χ3n) is 3.13. The van der Waals surface area contributed by atoms with Crippen LogP contribution in [0.5, 0.6) is 0 Å². The third-order valence-corrected chi connectivity index (χ3v) is 3.13. The molecule has 1 amide bonds. The predicted octanol–water partition coefficient (Wildman–Crippen LogP) is 2.06. The number of pyridine rings is 1. The molecule has 2 aromatic rings. The summed E-state index contributed by atoms with van der Waals surface area (Å²) in [6.07, 6.45) is 3.13. The second kappa shape index (κ2) is 6.84. The van der Waals surface area contributed by atoms with Crippen molar-refractivity contribution in [1.82, 2.24) is 15.0 Å². The van der Waals surface area contributed by atoms with Crippen LogP contribution in [-0.2, 0) is 4.79 Å². The van der Waals surface area contributed by atoms with Crippen molar-refractivity contribution >= 4 is 11.9 Å². The summed E-state index contributed by atoms with van der Waals surface area (Å²) in [6.45, 7) is 3.77. The third kappa shape index (κ3) is 3.69. The van der Waals surface area contributed by atoms with Gasteiger partial charge in [-0.15, -0.1) is 0 Å². The van der Waals surface area contributed by atoms with Gasteiger partial charge in [-0.3, -0.25) is 14.6 Å². The maximum absolute atomic E-state index is 12.4. The van der Waals surface area contributed by atoms with Crippen LogP contribution in [0.1, 0.15) is 30.8 Å². The molecule has 0 aliphatic rings. The van der Waals surface area contributed by atoms with Gasteiger partial charge in [-0.2, -0.15) is 0 Å². The summed E-state index contributed by atoms with van der Waals surface area (Å²) in [5.41, 5.74) is 0.869. The van der Waals surface area contributed by atoms with Crippen LogP contribution >= 0.6 is 0 Å². The molecule has 0 saturated heterocycles. The Morgan fingerprint density at radius 1 is 1.41 bits per heavy atom. The number of carbonyl (C=O) groups excluding carboxylic acids is 1. The lowest BCUT2D eigenvalue weighted by atomic mass is 10.2. The summed E-state index contributed by atoms with van der Waals surface area (Å²) in [7, 11) is 0. The van der Waals surface area contributed by atoms with Gasteiger partial charge in [0.1, 0.15) is 0 Å². The quantitative estimate of drug-likeness (QED) is 0.877. The Bertz CT molecular complexity index is 652. The normalized spacial score (nSPS) is 10.7. The summed E-state index contributed by atoms with van der Waals surface area (Å²) >= 11 is 0. The molecule has 2 heterocycles. The standard InChI is InChI=1S/C15H17N3O4/c1-10(2)18(7-5-14(19)20)15(21)12-8-13(22-17-12)11-4-3-6-16-9-11/h3-4,6,8-10H,5,7H2,1-2H3,(H,19,20). The molecule has 0 aromatic carbocycles. The highest BCUT2D eigenvalue weighted by Crippen LogP contribution is 2.20. The van der Waals surface area contributed by atoms with Crippen molar-refractivity contribution < 1.29 is 19.2 Å². The number of aromatic nitrogens is 2. The van der Waals surface area contributed by atoms with Gasteiger partial charge in [-0.05, 0) is 26.0 Å². The Morgan fingerprint density at radius 3 is 2.77 bits per heavy atom. The van der Waals surface area contributed by atoms with Gasteiger partial charge >= 0.3 is 5.97 Å². The summed E-state index contributed by atoms with van der Waals surface area (Å²) in [6, 6.07) is 4.96. The number of aliphatic carboxylic acids is 1. The number of hydrogen-bond donors (Lipinski definition) is 1. The van der Waals surface area contributed by atoms with E-state index >= 15 is 0 Å². The number of hydrogen-bond acceptors (Lipinski definition) is 5. The average Bonchev–Trinajstić information content (AvgIpc) is 2.97. The Labute approximate surface area is 127 Å². The molecule has 0 spiro atoms. The molecule has 116 valence electrons. The van der Waals surface area contributed by atoms with Crippen LogP contribution in [0.25, 0.3) is 11.3 Å². The zero-order chi connectivity index (χ0) is 16.1. The number of carboxylic acids is 1. The van der Waals surface area contributed by atoms with Crippen LogP contribution in [0.15, 0.2) is 35.1 Å². The van der Waals surface area contributed by atoms with Crippen molar-refractivity contribution in [3.8, 4) is 11.3 Å². The van der Waals surface area contributed by atoms with E-state index in [-0.39, 0.29) is 30.6 Å². The molecule has 0 bridgehead atoms. The first-order valence-electron chi connectivity index (χ1n) is 6.89. The van der Waals surface area contributed by atoms with Crippen molar-refractivity contribution in [1.29, 1.82) is 0 Å². The van der Waals surface area contributed by atoms with E-state index < -0.39 is 5.97 Å². The van der Waals surface area contributed by atoms with Crippen LogP contribution in [0.2, 0.25) is 0 Å². The van der Waals surface area contributed by atoms with E-state index in [0.29, 0.717) is 5.76 Å². The van der Waals surface area contributed by atoms with Gasteiger partial charge < -0.3 is 14.5 Å². The molecule has 7 nitrogen and oxygen atoms in total. The lowest BCUT2D eigenvalue weighted by Crippen LogP contribution is -2.38. The van der Waals surface area contributed by atoms with Crippen LogP contribution in [0, 0.1) is 0 Å². The molecule has 2 aromatic heterocycles. The summed E-state index contributed by atoms with van der Waals surface area (Å²) in [5, 5.41) is 12.6. The maximum atomic E-state index is 12.4. The fourth-order valence-electron chi connectivity index (χ4n) is 1.98. The molecule has 1 N–H and O–H groups in total. The zero-order valence-electron chi connectivity index (χ0n) is 12.4. The van der Waals surface area contributed by atoms with Crippen molar-refractivity contribution in [2.45, 2.75) is 26.3 Å². The van der Waals surface area contributed by atoms with E-state index in [4.69, 9.17) is 9.63 Å². The molecule has 0 fully saturated rings. The highest BCUT2D eigenvalue weighted by atomic mass is 16.5. The smallest absolute Gasteiger partial charge is 0.305 e. The second-order valence-electron chi connectivity index (χ2n) is 5.05. The molecule has 0 atom stereocenters. The molecule has 0 aliphatic carbocycles. The summed E-state index contributed by atoms with van der Waals surface area (Å²) in [5.74, 6) is -0.858. The highest BCUT2D eigenvalue weighted by Gasteiger charge is 2.23. The molecule has 0 saturated carbocycles. The topological polar surface area (TPSA) is 96.5 Å². The number of carbonyl (C=O) groups is 2. The van der Waals surface area contributed by atoms with E-state index in [1.807, 2.05) is 13.8 Å². The average molecular weight is 303 g/mol. The molecular formula is C15H17N3O4. The van der Waals surface area contributed by atoms with Gasteiger partial charge in [-0.25, -0.2) is 0 Å². The molecular weight excluding hydrogens is 286 g/mol. The molecule has 2 rings (SSSR count). The highest BCUT2D eigenvalue weighted by molar-refractivity contribution is 5.93. The van der Waals surface area contributed by atoms with E-state index in [1.54, 1.807) is 24.5 Å². The van der Waals surface area contributed by atoms with E-state index in [2.05, 4.69) is 10.1 Å². The van der Waals surface area contributed by atoms with E-state index in [1.165, 1.54) is 11.0 Å². The molecule has 0 aliphatic heterocycles.